The first kappa shape index (κ1) is 35.7. The molecule has 12 nitrogen and oxygen atoms in total. The lowest BCUT2D eigenvalue weighted by molar-refractivity contribution is -0.130. The minimum absolute atomic E-state index is 0.0842. The highest BCUT2D eigenvalue weighted by atomic mass is 35.5. The number of nitrogens with zero attached hydrogens (tertiary/aromatic N) is 4. The molecule has 4 N–H and O–H groups in total. The molecule has 1 unspecified atom stereocenters. The number of benzene rings is 1. The van der Waals surface area contributed by atoms with Crippen molar-refractivity contribution in [3.05, 3.63) is 74.3 Å². The van der Waals surface area contributed by atoms with E-state index in [-0.39, 0.29) is 28.8 Å². The summed E-state index contributed by atoms with van der Waals surface area (Å²) in [6.07, 6.45) is 6.49. The summed E-state index contributed by atoms with van der Waals surface area (Å²) in [5, 5.41) is 13.7. The van der Waals surface area contributed by atoms with Gasteiger partial charge in [0.1, 0.15) is 0 Å². The van der Waals surface area contributed by atoms with Gasteiger partial charge in [-0.3, -0.25) is 19.4 Å². The quantitative estimate of drug-likeness (QED) is 0.152. The number of piperidine rings is 1. The van der Waals surface area contributed by atoms with E-state index in [0.717, 1.165) is 42.8 Å². The van der Waals surface area contributed by atoms with Crippen molar-refractivity contribution in [2.75, 3.05) is 32.1 Å². The molecule has 1 atom stereocenters. The van der Waals surface area contributed by atoms with Crippen LogP contribution in [0.4, 0.5) is 5.69 Å². The Labute approximate surface area is 304 Å². The van der Waals surface area contributed by atoms with Gasteiger partial charge in [0.2, 0.25) is 17.7 Å². The van der Waals surface area contributed by atoms with Gasteiger partial charge in [-0.25, -0.2) is 9.97 Å². The molecule has 262 valence electrons. The molecule has 50 heavy (non-hydrogen) atoms. The average molecular weight is 738 g/mol. The van der Waals surface area contributed by atoms with E-state index in [1.54, 1.807) is 50.7 Å². The Morgan fingerprint density at radius 2 is 1.86 bits per heavy atom. The van der Waals surface area contributed by atoms with E-state index < -0.39 is 0 Å². The van der Waals surface area contributed by atoms with Gasteiger partial charge in [-0.15, -0.1) is 11.3 Å². The standard InChI is InChI=1S/C35H38Cl2N8O4S/c1-20(46)45-14-11-22(12-15-45)40-18-24-19-41-35(50-24)33(48)43-28-5-3-4-26(30(28)36)32-31(37)25(10-13-39-32)27-8-6-21(34(44-27)49-2)16-38-17-23-7-9-29(47)42-23/h3-6,8,10,13,19,22-23,38,40H,7,9,11-12,14-18H2,1-2H3,(H,42,47)(H,43,48). The number of ether oxygens (including phenoxy) is 1. The molecule has 1 aromatic carbocycles. The molecule has 0 radical (unpaired) electrons. The molecular formula is C35H38Cl2N8O4S. The van der Waals surface area contributed by atoms with Gasteiger partial charge >= 0.3 is 0 Å². The molecule has 6 rings (SSSR count). The maximum Gasteiger partial charge on any atom is 0.284 e. The monoisotopic (exact) mass is 736 g/mol. The van der Waals surface area contributed by atoms with Crippen LogP contribution in [0.15, 0.2) is 48.8 Å². The molecule has 2 fully saturated rings. The van der Waals surface area contributed by atoms with Gasteiger partial charge in [0.25, 0.3) is 5.91 Å². The number of thiazole rings is 1. The number of halogens is 2. The maximum absolute atomic E-state index is 13.2. The fourth-order valence-corrected chi connectivity index (χ4v) is 7.43. The predicted octanol–water partition coefficient (Wildman–Crippen LogP) is 5.30. The van der Waals surface area contributed by atoms with Crippen molar-refractivity contribution < 1.29 is 19.1 Å². The lowest BCUT2D eigenvalue weighted by Crippen LogP contribution is -2.43. The summed E-state index contributed by atoms with van der Waals surface area (Å²) < 4.78 is 5.60. The van der Waals surface area contributed by atoms with E-state index in [4.69, 9.17) is 32.9 Å². The second-order valence-corrected chi connectivity index (χ2v) is 14.1. The Balaban J connectivity index is 1.11. The van der Waals surface area contributed by atoms with E-state index in [1.807, 2.05) is 17.0 Å². The number of nitrogens with one attached hydrogen (secondary N) is 4. The summed E-state index contributed by atoms with van der Waals surface area (Å²) in [7, 11) is 1.57. The summed E-state index contributed by atoms with van der Waals surface area (Å²) in [5.41, 5.74) is 3.49. The highest BCUT2D eigenvalue weighted by Crippen LogP contribution is 2.40. The average Bonchev–Trinajstić information content (AvgIpc) is 3.78. The van der Waals surface area contributed by atoms with E-state index in [0.29, 0.717) is 76.2 Å². The van der Waals surface area contributed by atoms with Crippen LogP contribution in [0.25, 0.3) is 22.5 Å². The topological polar surface area (TPSA) is 150 Å². The van der Waals surface area contributed by atoms with Crippen molar-refractivity contribution in [1.82, 2.24) is 35.8 Å². The van der Waals surface area contributed by atoms with Gasteiger partial charge < -0.3 is 30.9 Å². The van der Waals surface area contributed by atoms with Gasteiger partial charge in [0.15, 0.2) is 5.01 Å². The van der Waals surface area contributed by atoms with Gasteiger partial charge in [-0.2, -0.15) is 0 Å². The number of amides is 3. The van der Waals surface area contributed by atoms with Crippen molar-refractivity contribution in [3.8, 4) is 28.4 Å². The number of anilines is 1. The number of pyridine rings is 2. The first-order chi connectivity index (χ1) is 24.2. The van der Waals surface area contributed by atoms with Gasteiger partial charge in [0.05, 0.1) is 34.2 Å². The highest BCUT2D eigenvalue weighted by Gasteiger charge is 2.23. The van der Waals surface area contributed by atoms with Gasteiger partial charge in [-0.05, 0) is 37.5 Å². The van der Waals surface area contributed by atoms with E-state index in [9.17, 15) is 14.4 Å². The zero-order valence-electron chi connectivity index (χ0n) is 27.7. The molecule has 3 aromatic heterocycles. The van der Waals surface area contributed by atoms with Crippen LogP contribution in [-0.2, 0) is 22.7 Å². The van der Waals surface area contributed by atoms with Crippen LogP contribution in [-0.4, -0.2) is 76.4 Å². The Morgan fingerprint density at radius 3 is 2.60 bits per heavy atom. The number of hydrogen-bond acceptors (Lipinski definition) is 10. The molecule has 5 heterocycles. The molecule has 0 spiro atoms. The van der Waals surface area contributed by atoms with Crippen molar-refractivity contribution in [1.29, 1.82) is 0 Å². The summed E-state index contributed by atoms with van der Waals surface area (Å²) in [4.78, 5) is 52.7. The fraction of sp³-hybridized carbons (Fsp3) is 0.371. The Kier molecular flexibility index (Phi) is 11.6. The van der Waals surface area contributed by atoms with Gasteiger partial charge in [-0.1, -0.05) is 41.4 Å². The smallest absolute Gasteiger partial charge is 0.284 e. The summed E-state index contributed by atoms with van der Waals surface area (Å²) >= 11 is 15.1. The minimum Gasteiger partial charge on any atom is -0.481 e. The molecule has 3 amide bonds. The minimum atomic E-state index is -0.373. The summed E-state index contributed by atoms with van der Waals surface area (Å²) in [6.45, 7) is 4.86. The molecule has 0 aliphatic carbocycles. The van der Waals surface area contributed by atoms with Crippen LogP contribution in [0.1, 0.15) is 52.8 Å². The molecule has 2 saturated heterocycles. The van der Waals surface area contributed by atoms with Crippen LogP contribution in [0.5, 0.6) is 5.88 Å². The number of methoxy groups -OCH3 is 1. The number of carbonyl (C=O) groups excluding carboxylic acids is 3. The number of hydrogen-bond donors (Lipinski definition) is 4. The van der Waals surface area contributed by atoms with Crippen LogP contribution in [0.3, 0.4) is 0 Å². The SMILES string of the molecule is COc1nc(-c2ccnc(-c3cccc(NC(=O)c4ncc(CNC5CCN(C(C)=O)CC5)s4)c3Cl)c2Cl)ccc1CNCC1CCC(=O)N1. The molecule has 2 aliphatic rings. The van der Waals surface area contributed by atoms with E-state index in [2.05, 4.69) is 31.2 Å². The summed E-state index contributed by atoms with van der Waals surface area (Å²) in [5.74, 6) is 0.278. The second kappa shape index (κ2) is 16.3. The highest BCUT2D eigenvalue weighted by molar-refractivity contribution is 7.13. The molecular weight excluding hydrogens is 699 g/mol. The second-order valence-electron chi connectivity index (χ2n) is 12.2. The van der Waals surface area contributed by atoms with Crippen LogP contribution in [0.2, 0.25) is 10.0 Å². The van der Waals surface area contributed by atoms with Crippen molar-refractivity contribution in [3.63, 3.8) is 0 Å². The van der Waals surface area contributed by atoms with Crippen molar-refractivity contribution in [2.45, 2.75) is 57.8 Å². The predicted molar refractivity (Wildman–Crippen MR) is 195 cm³/mol. The Morgan fingerprint density at radius 1 is 1.04 bits per heavy atom. The Bertz CT molecular complexity index is 1880. The lowest BCUT2D eigenvalue weighted by Gasteiger charge is -2.31. The third-order valence-electron chi connectivity index (χ3n) is 8.84. The molecule has 4 aromatic rings. The zero-order chi connectivity index (χ0) is 35.2. The first-order valence-corrected chi connectivity index (χ1v) is 18.0. The third-order valence-corrected chi connectivity index (χ3v) is 10.6. The van der Waals surface area contributed by atoms with Crippen LogP contribution in [0, 0.1) is 0 Å². The molecule has 2 aliphatic heterocycles. The number of likely N-dealkylation sites (tertiary alicyclic amines) is 1. The molecule has 0 saturated carbocycles. The van der Waals surface area contributed by atoms with E-state index in [1.165, 1.54) is 11.3 Å². The maximum atomic E-state index is 13.2. The van der Waals surface area contributed by atoms with Crippen LogP contribution >= 0.6 is 34.5 Å². The number of rotatable bonds is 12. The first-order valence-electron chi connectivity index (χ1n) is 16.4. The third kappa shape index (κ3) is 8.41. The van der Waals surface area contributed by atoms with Gasteiger partial charge in [0, 0.05) is 92.1 Å². The molecule has 0 bridgehead atoms. The normalized spacial score (nSPS) is 16.4. The summed E-state index contributed by atoms with van der Waals surface area (Å²) in [6, 6.07) is 11.3. The van der Waals surface area contributed by atoms with Crippen molar-refractivity contribution >= 4 is 57.9 Å². The number of carbonyl (C=O) groups is 3. The van der Waals surface area contributed by atoms with E-state index >= 15 is 0 Å². The zero-order valence-corrected chi connectivity index (χ0v) is 30.1. The fourth-order valence-electron chi connectivity index (χ4n) is 6.10. The molecule has 15 heteroatoms. The Hall–Kier alpha value is -4.14. The van der Waals surface area contributed by atoms with Crippen molar-refractivity contribution in [2.24, 2.45) is 0 Å². The van der Waals surface area contributed by atoms with Crippen LogP contribution < -0.4 is 26.0 Å². The largest absolute Gasteiger partial charge is 0.481 e. The number of aromatic nitrogens is 3. The lowest BCUT2D eigenvalue weighted by atomic mass is 10.1.